The number of aromatic nitrogens is 1. The van der Waals surface area contributed by atoms with Gasteiger partial charge in [0.2, 0.25) is 0 Å². The van der Waals surface area contributed by atoms with Gasteiger partial charge >= 0.3 is 0 Å². The Hall–Kier alpha value is -0.930. The maximum atomic E-state index is 11.0. The Bertz CT molecular complexity index is 434. The molecule has 1 N–H and O–H groups in total. The Morgan fingerprint density at radius 1 is 1.56 bits per heavy atom. The summed E-state index contributed by atoms with van der Waals surface area (Å²) in [5.74, 6) is 0.201. The second kappa shape index (κ2) is 4.63. The maximum Gasteiger partial charge on any atom is 0.0777 e. The number of fused-ring (bicyclic) bond motifs is 1. The normalized spacial score (nSPS) is 35.4. The molecule has 0 spiro atoms. The first-order valence-electron chi connectivity index (χ1n) is 7.00. The van der Waals surface area contributed by atoms with Gasteiger partial charge in [-0.2, -0.15) is 0 Å². The Balaban J connectivity index is 1.87. The SMILES string of the molecule is CCC1CC(O)(C2CCc3cccnc32)CCO1. The van der Waals surface area contributed by atoms with E-state index in [0.717, 1.165) is 37.8 Å². The fourth-order valence-electron chi connectivity index (χ4n) is 3.47. The summed E-state index contributed by atoms with van der Waals surface area (Å²) in [5.41, 5.74) is 1.82. The molecule has 3 atom stereocenters. The molecule has 1 saturated heterocycles. The number of hydrogen-bond acceptors (Lipinski definition) is 3. The Labute approximate surface area is 108 Å². The van der Waals surface area contributed by atoms with Gasteiger partial charge in [0.25, 0.3) is 0 Å². The van der Waals surface area contributed by atoms with Gasteiger partial charge in [0.15, 0.2) is 0 Å². The average molecular weight is 247 g/mol. The third-order valence-electron chi connectivity index (χ3n) is 4.53. The van der Waals surface area contributed by atoms with E-state index < -0.39 is 5.60 Å². The lowest BCUT2D eigenvalue weighted by molar-refractivity contribution is -0.117. The highest BCUT2D eigenvalue weighted by Crippen LogP contribution is 2.45. The van der Waals surface area contributed by atoms with E-state index in [0.29, 0.717) is 6.61 Å². The highest BCUT2D eigenvalue weighted by molar-refractivity contribution is 5.31. The predicted octanol–water partition coefficient (Wildman–Crippen LogP) is 2.43. The second-order valence-corrected chi connectivity index (χ2v) is 5.60. The first-order valence-corrected chi connectivity index (χ1v) is 7.00. The maximum absolute atomic E-state index is 11.0. The molecule has 98 valence electrons. The number of aryl methyl sites for hydroxylation is 1. The van der Waals surface area contributed by atoms with E-state index in [-0.39, 0.29) is 12.0 Å². The molecule has 1 aromatic heterocycles. The number of rotatable bonds is 2. The van der Waals surface area contributed by atoms with Gasteiger partial charge < -0.3 is 9.84 Å². The van der Waals surface area contributed by atoms with Crippen LogP contribution in [0.25, 0.3) is 0 Å². The molecule has 0 radical (unpaired) electrons. The molecule has 1 aliphatic carbocycles. The third-order valence-corrected chi connectivity index (χ3v) is 4.53. The standard InChI is InChI=1S/C15H21NO2/c1-2-12-10-15(17,7-9-18-12)13-6-5-11-4-3-8-16-14(11)13/h3-4,8,12-13,17H,2,5-7,9-10H2,1H3. The summed E-state index contributed by atoms with van der Waals surface area (Å²) >= 11 is 0. The van der Waals surface area contributed by atoms with Crippen molar-refractivity contribution in [2.75, 3.05) is 6.61 Å². The van der Waals surface area contributed by atoms with Crippen LogP contribution in [0.15, 0.2) is 18.3 Å². The van der Waals surface area contributed by atoms with E-state index in [1.807, 2.05) is 12.3 Å². The zero-order valence-corrected chi connectivity index (χ0v) is 10.9. The van der Waals surface area contributed by atoms with E-state index >= 15 is 0 Å². The van der Waals surface area contributed by atoms with Crippen molar-refractivity contribution in [2.24, 2.45) is 0 Å². The van der Waals surface area contributed by atoms with Crippen LogP contribution in [-0.2, 0) is 11.2 Å². The summed E-state index contributed by atoms with van der Waals surface area (Å²) in [4.78, 5) is 4.51. The highest BCUT2D eigenvalue weighted by atomic mass is 16.5. The van der Waals surface area contributed by atoms with Gasteiger partial charge in [-0.1, -0.05) is 13.0 Å². The molecule has 3 heteroatoms. The van der Waals surface area contributed by atoms with Gasteiger partial charge in [0, 0.05) is 37.3 Å². The first-order chi connectivity index (χ1) is 8.73. The molecule has 2 aliphatic rings. The lowest BCUT2D eigenvalue weighted by Crippen LogP contribution is -2.45. The van der Waals surface area contributed by atoms with Crippen molar-refractivity contribution < 1.29 is 9.84 Å². The number of ether oxygens (including phenoxy) is 1. The topological polar surface area (TPSA) is 42.4 Å². The minimum absolute atomic E-state index is 0.201. The fraction of sp³-hybridized carbons (Fsp3) is 0.667. The van der Waals surface area contributed by atoms with Crippen LogP contribution in [-0.4, -0.2) is 28.4 Å². The van der Waals surface area contributed by atoms with Gasteiger partial charge in [-0.3, -0.25) is 4.98 Å². The summed E-state index contributed by atoms with van der Waals surface area (Å²) < 4.78 is 5.69. The average Bonchev–Trinajstić information content (AvgIpc) is 2.83. The van der Waals surface area contributed by atoms with Crippen molar-refractivity contribution in [3.8, 4) is 0 Å². The Morgan fingerprint density at radius 2 is 2.44 bits per heavy atom. The van der Waals surface area contributed by atoms with Gasteiger partial charge in [-0.05, 0) is 30.9 Å². The largest absolute Gasteiger partial charge is 0.389 e. The van der Waals surface area contributed by atoms with Crippen molar-refractivity contribution in [1.82, 2.24) is 4.98 Å². The molecule has 1 aliphatic heterocycles. The van der Waals surface area contributed by atoms with E-state index in [2.05, 4.69) is 18.0 Å². The van der Waals surface area contributed by atoms with Gasteiger partial charge in [0.1, 0.15) is 0 Å². The predicted molar refractivity (Wildman–Crippen MR) is 69.5 cm³/mol. The minimum Gasteiger partial charge on any atom is -0.389 e. The lowest BCUT2D eigenvalue weighted by Gasteiger charge is -2.40. The Kier molecular flexibility index (Phi) is 3.12. The van der Waals surface area contributed by atoms with Crippen LogP contribution in [0, 0.1) is 0 Å². The molecule has 0 amide bonds. The van der Waals surface area contributed by atoms with Crippen molar-refractivity contribution in [3.63, 3.8) is 0 Å². The van der Waals surface area contributed by atoms with Gasteiger partial charge in [-0.15, -0.1) is 0 Å². The van der Waals surface area contributed by atoms with Gasteiger partial charge in [-0.25, -0.2) is 0 Å². The molecule has 2 heterocycles. The number of hydrogen-bond donors (Lipinski definition) is 1. The van der Waals surface area contributed by atoms with Crippen LogP contribution in [0.3, 0.4) is 0 Å². The zero-order valence-electron chi connectivity index (χ0n) is 10.9. The molecule has 3 rings (SSSR count). The summed E-state index contributed by atoms with van der Waals surface area (Å²) in [5, 5.41) is 11.0. The molecule has 1 fully saturated rings. The van der Waals surface area contributed by atoms with Crippen LogP contribution in [0.2, 0.25) is 0 Å². The van der Waals surface area contributed by atoms with Crippen LogP contribution in [0.4, 0.5) is 0 Å². The lowest BCUT2D eigenvalue weighted by atomic mass is 9.77. The number of aliphatic hydroxyl groups is 1. The molecular formula is C15H21NO2. The monoisotopic (exact) mass is 247 g/mol. The van der Waals surface area contributed by atoms with Crippen LogP contribution in [0.1, 0.15) is 49.8 Å². The highest BCUT2D eigenvalue weighted by Gasteiger charge is 2.45. The number of nitrogens with zero attached hydrogens (tertiary/aromatic N) is 1. The summed E-state index contributed by atoms with van der Waals surface area (Å²) in [6, 6.07) is 4.13. The van der Waals surface area contributed by atoms with E-state index in [9.17, 15) is 5.11 Å². The molecule has 1 aromatic rings. The molecule has 18 heavy (non-hydrogen) atoms. The van der Waals surface area contributed by atoms with Gasteiger partial charge in [0.05, 0.1) is 11.7 Å². The van der Waals surface area contributed by atoms with Crippen molar-refractivity contribution in [1.29, 1.82) is 0 Å². The van der Waals surface area contributed by atoms with Crippen molar-refractivity contribution >= 4 is 0 Å². The molecule has 0 aromatic carbocycles. The summed E-state index contributed by atoms with van der Waals surface area (Å²) in [6.45, 7) is 2.80. The minimum atomic E-state index is -0.613. The third kappa shape index (κ3) is 1.95. The Morgan fingerprint density at radius 3 is 3.28 bits per heavy atom. The van der Waals surface area contributed by atoms with Crippen LogP contribution in [0.5, 0.6) is 0 Å². The molecular weight excluding hydrogens is 226 g/mol. The smallest absolute Gasteiger partial charge is 0.0777 e. The van der Waals surface area contributed by atoms with E-state index in [1.54, 1.807) is 0 Å². The van der Waals surface area contributed by atoms with Crippen LogP contribution < -0.4 is 0 Å². The summed E-state index contributed by atoms with van der Waals surface area (Å²) in [6.07, 6.45) is 6.60. The zero-order chi connectivity index (χ0) is 12.6. The quantitative estimate of drug-likeness (QED) is 0.872. The number of pyridine rings is 1. The fourth-order valence-corrected chi connectivity index (χ4v) is 3.47. The second-order valence-electron chi connectivity index (χ2n) is 5.60. The summed E-state index contributed by atoms with van der Waals surface area (Å²) in [7, 11) is 0. The molecule has 3 nitrogen and oxygen atoms in total. The van der Waals surface area contributed by atoms with E-state index in [4.69, 9.17) is 4.74 Å². The molecule has 0 bridgehead atoms. The van der Waals surface area contributed by atoms with Crippen LogP contribution >= 0.6 is 0 Å². The van der Waals surface area contributed by atoms with Crippen molar-refractivity contribution in [3.05, 3.63) is 29.6 Å². The molecule has 3 unspecified atom stereocenters. The molecule has 0 saturated carbocycles. The van der Waals surface area contributed by atoms with Crippen molar-refractivity contribution in [2.45, 2.75) is 56.7 Å². The van der Waals surface area contributed by atoms with E-state index in [1.165, 1.54) is 5.56 Å². The first kappa shape index (κ1) is 12.1.